The average molecular weight is 414 g/mol. The van der Waals surface area contributed by atoms with Gasteiger partial charge in [-0.2, -0.15) is 0 Å². The van der Waals surface area contributed by atoms with Gasteiger partial charge in [-0.1, -0.05) is 20.8 Å². The standard InChI is InChI=1S/C22H27N3O3S/c1-4-8-28-17-11-23-14(10-16(17)26)12-25-19(5-2)24-21-20(22(25)27)15-7-6-13(3)9-18(15)29-21/h10-11,13H,4-9,12H2,1-3H3,(H,23,26). The molecule has 0 bridgehead atoms. The number of pyridine rings is 1. The second-order valence-electron chi connectivity index (χ2n) is 7.84. The van der Waals surface area contributed by atoms with Gasteiger partial charge in [0.05, 0.1) is 18.5 Å². The lowest BCUT2D eigenvalue weighted by Gasteiger charge is -2.17. The van der Waals surface area contributed by atoms with E-state index in [1.54, 1.807) is 22.1 Å². The molecule has 154 valence electrons. The van der Waals surface area contributed by atoms with E-state index < -0.39 is 0 Å². The number of nitrogens with zero attached hydrogens (tertiary/aromatic N) is 2. The van der Waals surface area contributed by atoms with Crippen LogP contribution in [0, 0.1) is 5.92 Å². The Morgan fingerprint density at radius 2 is 2.17 bits per heavy atom. The lowest BCUT2D eigenvalue weighted by molar-refractivity contribution is 0.313. The molecule has 0 radical (unpaired) electrons. The van der Waals surface area contributed by atoms with Crippen molar-refractivity contribution >= 4 is 21.6 Å². The quantitative estimate of drug-likeness (QED) is 0.669. The zero-order valence-corrected chi connectivity index (χ0v) is 18.0. The van der Waals surface area contributed by atoms with E-state index in [4.69, 9.17) is 9.72 Å². The van der Waals surface area contributed by atoms with Crippen molar-refractivity contribution in [1.82, 2.24) is 14.5 Å². The number of ether oxygens (including phenoxy) is 1. The molecule has 7 heteroatoms. The SMILES string of the molecule is CCCOc1c[nH]c(Cn2c(CC)nc3sc4c(c3c2=O)CCC(C)C4)cc1=O. The van der Waals surface area contributed by atoms with Gasteiger partial charge in [0, 0.05) is 29.3 Å². The summed E-state index contributed by atoms with van der Waals surface area (Å²) in [6.07, 6.45) is 6.17. The van der Waals surface area contributed by atoms with Crippen molar-refractivity contribution in [3.63, 3.8) is 0 Å². The molecule has 3 aromatic heterocycles. The molecular formula is C22H27N3O3S. The molecule has 1 unspecified atom stereocenters. The van der Waals surface area contributed by atoms with Crippen molar-refractivity contribution in [2.24, 2.45) is 5.92 Å². The van der Waals surface area contributed by atoms with Crippen LogP contribution in [0.5, 0.6) is 5.75 Å². The summed E-state index contributed by atoms with van der Waals surface area (Å²) in [5, 5.41) is 0.777. The van der Waals surface area contributed by atoms with Crippen LogP contribution in [0.1, 0.15) is 55.6 Å². The summed E-state index contributed by atoms with van der Waals surface area (Å²) in [6.45, 7) is 7.07. The van der Waals surface area contributed by atoms with E-state index in [-0.39, 0.29) is 11.0 Å². The van der Waals surface area contributed by atoms with Crippen LogP contribution < -0.4 is 15.7 Å². The molecule has 3 heterocycles. The highest BCUT2D eigenvalue weighted by Crippen LogP contribution is 2.35. The van der Waals surface area contributed by atoms with Crippen molar-refractivity contribution in [2.75, 3.05) is 6.61 Å². The Bertz CT molecular complexity index is 1160. The summed E-state index contributed by atoms with van der Waals surface area (Å²) in [5.41, 5.74) is 1.70. The fourth-order valence-corrected chi connectivity index (χ4v) is 5.38. The van der Waals surface area contributed by atoms with E-state index in [1.807, 2.05) is 13.8 Å². The number of thiophene rings is 1. The maximum Gasteiger partial charge on any atom is 0.262 e. The Morgan fingerprint density at radius 3 is 2.90 bits per heavy atom. The predicted octanol–water partition coefficient (Wildman–Crippen LogP) is 3.67. The van der Waals surface area contributed by atoms with Crippen LogP contribution in [-0.4, -0.2) is 21.1 Å². The van der Waals surface area contributed by atoms with Gasteiger partial charge in [-0.3, -0.25) is 14.2 Å². The molecule has 1 N–H and O–H groups in total. The van der Waals surface area contributed by atoms with E-state index in [0.717, 1.165) is 41.7 Å². The van der Waals surface area contributed by atoms with Crippen LogP contribution in [0.25, 0.3) is 10.2 Å². The van der Waals surface area contributed by atoms with Crippen molar-refractivity contribution < 1.29 is 4.74 Å². The van der Waals surface area contributed by atoms with E-state index in [0.29, 0.717) is 36.9 Å². The molecule has 6 nitrogen and oxygen atoms in total. The highest BCUT2D eigenvalue weighted by molar-refractivity contribution is 7.18. The van der Waals surface area contributed by atoms with Crippen molar-refractivity contribution in [3.8, 4) is 5.75 Å². The van der Waals surface area contributed by atoms with Crippen LogP contribution in [0.3, 0.4) is 0 Å². The molecule has 0 aliphatic heterocycles. The number of aromatic amines is 1. The van der Waals surface area contributed by atoms with Crippen LogP contribution in [-0.2, 0) is 25.8 Å². The first-order valence-electron chi connectivity index (χ1n) is 10.4. The molecule has 1 aliphatic rings. The summed E-state index contributed by atoms with van der Waals surface area (Å²) in [4.78, 5) is 35.9. The number of aromatic nitrogens is 3. The molecule has 29 heavy (non-hydrogen) atoms. The summed E-state index contributed by atoms with van der Waals surface area (Å²) >= 11 is 1.68. The van der Waals surface area contributed by atoms with Gasteiger partial charge in [0.1, 0.15) is 10.7 Å². The number of hydrogen-bond donors (Lipinski definition) is 1. The maximum absolute atomic E-state index is 13.4. The zero-order chi connectivity index (χ0) is 20.5. The molecule has 0 saturated carbocycles. The zero-order valence-electron chi connectivity index (χ0n) is 17.2. The van der Waals surface area contributed by atoms with Crippen molar-refractivity contribution in [3.05, 3.63) is 54.8 Å². The Hall–Kier alpha value is -2.41. The number of hydrogen-bond acceptors (Lipinski definition) is 5. The topological polar surface area (TPSA) is 77.0 Å². The van der Waals surface area contributed by atoms with Gasteiger partial charge in [-0.15, -0.1) is 11.3 Å². The minimum Gasteiger partial charge on any atom is -0.488 e. The Balaban J connectivity index is 1.75. The lowest BCUT2D eigenvalue weighted by Crippen LogP contribution is -2.27. The third-order valence-corrected chi connectivity index (χ3v) is 6.69. The molecule has 0 fully saturated rings. The molecular weight excluding hydrogens is 386 g/mol. The Labute approximate surface area is 173 Å². The van der Waals surface area contributed by atoms with E-state index >= 15 is 0 Å². The highest BCUT2D eigenvalue weighted by Gasteiger charge is 2.24. The first-order valence-corrected chi connectivity index (χ1v) is 11.2. The molecule has 1 aliphatic carbocycles. The summed E-state index contributed by atoms with van der Waals surface area (Å²) < 4.78 is 7.17. The minimum atomic E-state index is -0.172. The van der Waals surface area contributed by atoms with E-state index in [2.05, 4.69) is 11.9 Å². The number of rotatable bonds is 6. The molecule has 3 aromatic rings. The second-order valence-corrected chi connectivity index (χ2v) is 8.92. The fourth-order valence-electron chi connectivity index (χ4n) is 3.99. The van der Waals surface area contributed by atoms with Gasteiger partial charge in [0.15, 0.2) is 5.75 Å². The summed E-state index contributed by atoms with van der Waals surface area (Å²) in [6, 6.07) is 1.52. The first kappa shape index (κ1) is 19.9. The van der Waals surface area contributed by atoms with Gasteiger partial charge in [0.25, 0.3) is 5.56 Å². The molecule has 0 spiro atoms. The average Bonchev–Trinajstić information content (AvgIpc) is 3.06. The summed E-state index contributed by atoms with van der Waals surface area (Å²) in [5.74, 6) is 1.72. The second kappa shape index (κ2) is 8.14. The van der Waals surface area contributed by atoms with Gasteiger partial charge in [0.2, 0.25) is 5.43 Å². The Kier molecular flexibility index (Phi) is 5.58. The monoisotopic (exact) mass is 413 g/mol. The van der Waals surface area contributed by atoms with Gasteiger partial charge < -0.3 is 9.72 Å². The summed E-state index contributed by atoms with van der Waals surface area (Å²) in [7, 11) is 0. The lowest BCUT2D eigenvalue weighted by atomic mass is 9.89. The maximum atomic E-state index is 13.4. The number of fused-ring (bicyclic) bond motifs is 3. The third kappa shape index (κ3) is 3.75. The smallest absolute Gasteiger partial charge is 0.262 e. The van der Waals surface area contributed by atoms with E-state index in [1.165, 1.54) is 16.5 Å². The van der Waals surface area contributed by atoms with Crippen LogP contribution >= 0.6 is 11.3 Å². The number of nitrogens with one attached hydrogen (secondary N) is 1. The fraction of sp³-hybridized carbons (Fsp3) is 0.500. The van der Waals surface area contributed by atoms with Crippen molar-refractivity contribution in [1.29, 1.82) is 0 Å². The van der Waals surface area contributed by atoms with E-state index in [9.17, 15) is 9.59 Å². The largest absolute Gasteiger partial charge is 0.488 e. The first-order chi connectivity index (χ1) is 14.0. The predicted molar refractivity (Wildman–Crippen MR) is 116 cm³/mol. The van der Waals surface area contributed by atoms with Crippen LogP contribution in [0.15, 0.2) is 21.9 Å². The molecule has 1 atom stereocenters. The molecule has 0 saturated heterocycles. The molecule has 0 amide bonds. The highest BCUT2D eigenvalue weighted by atomic mass is 32.1. The van der Waals surface area contributed by atoms with Gasteiger partial charge >= 0.3 is 0 Å². The van der Waals surface area contributed by atoms with Crippen LogP contribution in [0.4, 0.5) is 0 Å². The number of aryl methyl sites for hydroxylation is 2. The minimum absolute atomic E-state index is 0.00561. The number of H-pyrrole nitrogens is 1. The van der Waals surface area contributed by atoms with Gasteiger partial charge in [-0.05, 0) is 37.2 Å². The van der Waals surface area contributed by atoms with Crippen LogP contribution in [0.2, 0.25) is 0 Å². The molecule has 4 rings (SSSR count). The van der Waals surface area contributed by atoms with Crippen molar-refractivity contribution in [2.45, 2.75) is 59.4 Å². The van der Waals surface area contributed by atoms with Gasteiger partial charge in [-0.25, -0.2) is 4.98 Å². The molecule has 0 aromatic carbocycles. The third-order valence-electron chi connectivity index (χ3n) is 5.54. The normalized spacial score (nSPS) is 16.2. The Morgan fingerprint density at radius 1 is 1.34 bits per heavy atom.